The van der Waals surface area contributed by atoms with Crippen LogP contribution in [0.2, 0.25) is 0 Å². The molecule has 0 radical (unpaired) electrons. The molecule has 2 aliphatic rings. The molecule has 0 bridgehead atoms. The largest absolute Gasteiger partial charge is 0.492 e. The van der Waals surface area contributed by atoms with E-state index >= 15 is 0 Å². The Morgan fingerprint density at radius 3 is 2.82 bits per heavy atom. The van der Waals surface area contributed by atoms with Crippen molar-refractivity contribution in [3.8, 4) is 5.75 Å². The third-order valence-corrected chi connectivity index (χ3v) is 3.95. The second kappa shape index (κ2) is 2.89. The fourth-order valence-electron chi connectivity index (χ4n) is 3.12. The predicted octanol–water partition coefficient (Wildman–Crippen LogP) is 3.06. The molecule has 2 aromatic carbocycles. The van der Waals surface area contributed by atoms with E-state index in [1.165, 1.54) is 11.1 Å². The molecule has 0 N–H and O–H groups in total. The van der Waals surface area contributed by atoms with Crippen molar-refractivity contribution in [1.82, 2.24) is 0 Å². The fourth-order valence-corrected chi connectivity index (χ4v) is 3.12. The molecule has 0 saturated heterocycles. The van der Waals surface area contributed by atoms with Crippen LogP contribution in [0.1, 0.15) is 16.7 Å². The van der Waals surface area contributed by atoms with Crippen LogP contribution < -0.4 is 4.74 Å². The standard InChI is InChI=1S/C15H11FO/c16-11-5-6-12-10(7-11)8-15(12)9-17-14-4-2-1-3-13(14)15/h1-7H,8-9H2. The Hall–Kier alpha value is -1.83. The van der Waals surface area contributed by atoms with Crippen LogP contribution in [-0.2, 0) is 11.8 Å². The van der Waals surface area contributed by atoms with Gasteiger partial charge in [-0.15, -0.1) is 0 Å². The summed E-state index contributed by atoms with van der Waals surface area (Å²) in [5.74, 6) is 0.827. The summed E-state index contributed by atoms with van der Waals surface area (Å²) in [6.07, 6.45) is 0.886. The first kappa shape index (κ1) is 9.23. The van der Waals surface area contributed by atoms with Gasteiger partial charge in [-0.1, -0.05) is 24.3 Å². The maximum atomic E-state index is 13.1. The monoisotopic (exact) mass is 226 g/mol. The van der Waals surface area contributed by atoms with Crippen molar-refractivity contribution in [3.05, 3.63) is 65.0 Å². The Morgan fingerprint density at radius 2 is 1.94 bits per heavy atom. The van der Waals surface area contributed by atoms with Crippen LogP contribution in [-0.4, -0.2) is 6.61 Å². The predicted molar refractivity (Wildman–Crippen MR) is 62.8 cm³/mol. The first-order valence-electron chi connectivity index (χ1n) is 5.81. The van der Waals surface area contributed by atoms with Crippen molar-refractivity contribution in [2.75, 3.05) is 6.61 Å². The quantitative estimate of drug-likeness (QED) is 0.670. The summed E-state index contributed by atoms with van der Waals surface area (Å²) < 4.78 is 18.9. The number of hydrogen-bond acceptors (Lipinski definition) is 1. The highest BCUT2D eigenvalue weighted by Gasteiger charge is 2.49. The van der Waals surface area contributed by atoms with Gasteiger partial charge in [0.1, 0.15) is 18.2 Å². The molecule has 1 aliphatic heterocycles. The lowest BCUT2D eigenvalue weighted by Crippen LogP contribution is -2.41. The number of benzene rings is 2. The first-order chi connectivity index (χ1) is 8.29. The summed E-state index contributed by atoms with van der Waals surface area (Å²) in [5, 5.41) is 0. The molecule has 2 aromatic rings. The second-order valence-corrected chi connectivity index (χ2v) is 4.85. The minimum Gasteiger partial charge on any atom is -0.492 e. The SMILES string of the molecule is Fc1ccc2c(c1)CC21COc2ccccc21. The van der Waals surface area contributed by atoms with Gasteiger partial charge in [-0.2, -0.15) is 0 Å². The topological polar surface area (TPSA) is 9.23 Å². The van der Waals surface area contributed by atoms with Crippen LogP contribution in [0, 0.1) is 5.82 Å². The molecule has 17 heavy (non-hydrogen) atoms. The van der Waals surface area contributed by atoms with Crippen molar-refractivity contribution in [1.29, 1.82) is 0 Å². The molecule has 0 saturated carbocycles. The summed E-state index contributed by atoms with van der Waals surface area (Å²) in [5.41, 5.74) is 3.58. The van der Waals surface area contributed by atoms with Gasteiger partial charge in [0.15, 0.2) is 0 Å². The third-order valence-electron chi connectivity index (χ3n) is 3.95. The third kappa shape index (κ3) is 1.03. The van der Waals surface area contributed by atoms with E-state index in [0.717, 1.165) is 17.7 Å². The van der Waals surface area contributed by atoms with Gasteiger partial charge in [-0.05, 0) is 35.7 Å². The van der Waals surface area contributed by atoms with Crippen LogP contribution >= 0.6 is 0 Å². The molecule has 1 nitrogen and oxygen atoms in total. The Kier molecular flexibility index (Phi) is 1.57. The average molecular weight is 226 g/mol. The fraction of sp³-hybridized carbons (Fsp3) is 0.200. The van der Waals surface area contributed by atoms with E-state index < -0.39 is 0 Å². The molecule has 1 spiro atoms. The van der Waals surface area contributed by atoms with Crippen LogP contribution in [0.5, 0.6) is 5.75 Å². The van der Waals surface area contributed by atoms with Gasteiger partial charge in [0.05, 0.1) is 5.41 Å². The molecule has 2 heteroatoms. The van der Waals surface area contributed by atoms with E-state index in [4.69, 9.17) is 4.74 Å². The normalized spacial score (nSPS) is 23.8. The maximum absolute atomic E-state index is 13.1. The number of ether oxygens (including phenoxy) is 1. The highest BCUT2D eigenvalue weighted by molar-refractivity contribution is 5.59. The Morgan fingerprint density at radius 1 is 1.06 bits per heavy atom. The minimum absolute atomic E-state index is 0.0143. The molecular weight excluding hydrogens is 215 g/mol. The van der Waals surface area contributed by atoms with Crippen molar-refractivity contribution in [2.24, 2.45) is 0 Å². The zero-order valence-electron chi connectivity index (χ0n) is 9.24. The molecular formula is C15H11FO. The average Bonchev–Trinajstić information content (AvgIpc) is 2.70. The molecule has 84 valence electrons. The number of para-hydroxylation sites is 1. The van der Waals surface area contributed by atoms with Crippen molar-refractivity contribution >= 4 is 0 Å². The Labute approximate surface area is 98.9 Å². The van der Waals surface area contributed by atoms with Gasteiger partial charge in [0.25, 0.3) is 0 Å². The summed E-state index contributed by atoms with van der Waals surface area (Å²) in [6, 6.07) is 13.2. The maximum Gasteiger partial charge on any atom is 0.123 e. The summed E-state index contributed by atoms with van der Waals surface area (Å²) in [6.45, 7) is 0.685. The van der Waals surface area contributed by atoms with E-state index in [-0.39, 0.29) is 11.2 Å². The first-order valence-corrected chi connectivity index (χ1v) is 5.81. The van der Waals surface area contributed by atoms with E-state index in [2.05, 4.69) is 6.07 Å². The van der Waals surface area contributed by atoms with Crippen LogP contribution in [0.25, 0.3) is 0 Å². The molecule has 1 heterocycles. The molecule has 0 fully saturated rings. The van der Waals surface area contributed by atoms with Gasteiger partial charge in [0.2, 0.25) is 0 Å². The lowest BCUT2D eigenvalue weighted by Gasteiger charge is -2.40. The minimum atomic E-state index is -0.147. The lowest BCUT2D eigenvalue weighted by atomic mass is 9.61. The zero-order chi connectivity index (χ0) is 11.5. The summed E-state index contributed by atoms with van der Waals surface area (Å²) >= 11 is 0. The van der Waals surface area contributed by atoms with E-state index in [1.54, 1.807) is 12.1 Å². The number of hydrogen-bond donors (Lipinski definition) is 0. The number of fused-ring (bicyclic) bond motifs is 4. The van der Waals surface area contributed by atoms with Crippen molar-refractivity contribution in [3.63, 3.8) is 0 Å². The smallest absolute Gasteiger partial charge is 0.123 e. The highest BCUT2D eigenvalue weighted by atomic mass is 19.1. The van der Waals surface area contributed by atoms with E-state index in [0.29, 0.717) is 6.61 Å². The van der Waals surface area contributed by atoms with Crippen LogP contribution in [0.15, 0.2) is 42.5 Å². The van der Waals surface area contributed by atoms with Crippen LogP contribution in [0.4, 0.5) is 4.39 Å². The van der Waals surface area contributed by atoms with Gasteiger partial charge >= 0.3 is 0 Å². The van der Waals surface area contributed by atoms with Gasteiger partial charge < -0.3 is 4.74 Å². The summed E-state index contributed by atoms with van der Waals surface area (Å²) in [4.78, 5) is 0. The molecule has 1 unspecified atom stereocenters. The van der Waals surface area contributed by atoms with Gasteiger partial charge in [-0.3, -0.25) is 0 Å². The van der Waals surface area contributed by atoms with Gasteiger partial charge in [0, 0.05) is 5.56 Å². The van der Waals surface area contributed by atoms with Gasteiger partial charge in [-0.25, -0.2) is 4.39 Å². The molecule has 4 rings (SSSR count). The second-order valence-electron chi connectivity index (χ2n) is 4.85. The Bertz CT molecular complexity index is 620. The van der Waals surface area contributed by atoms with Crippen LogP contribution in [0.3, 0.4) is 0 Å². The van der Waals surface area contributed by atoms with Crippen molar-refractivity contribution < 1.29 is 9.13 Å². The molecule has 1 aliphatic carbocycles. The molecule has 0 aromatic heterocycles. The highest BCUT2D eigenvalue weighted by Crippen LogP contribution is 2.52. The van der Waals surface area contributed by atoms with E-state index in [1.807, 2.05) is 24.3 Å². The molecule has 0 amide bonds. The number of halogens is 1. The molecule has 1 atom stereocenters. The van der Waals surface area contributed by atoms with Crippen molar-refractivity contribution in [2.45, 2.75) is 11.8 Å². The lowest BCUT2D eigenvalue weighted by molar-refractivity contribution is 0.272. The zero-order valence-corrected chi connectivity index (χ0v) is 9.24. The summed E-state index contributed by atoms with van der Waals surface area (Å²) in [7, 11) is 0. The Balaban J connectivity index is 1.91. The van der Waals surface area contributed by atoms with E-state index in [9.17, 15) is 4.39 Å². The number of rotatable bonds is 0.